The minimum Gasteiger partial charge on any atom is -0.493 e. The standard InChI is InChI=1S/C20H24N2O4.ClH/c1-24-18-10-13-5-7-22-8-6-14(21-20(23)17-4-3-9-26-17)11-16(22)15(13)12-19(18)25-2;/h3-4,9-10,12,14,16H,5-8,11H2,1-2H3,(H,21,23);1H. The van der Waals surface area contributed by atoms with E-state index >= 15 is 0 Å². The number of methoxy groups -OCH3 is 2. The summed E-state index contributed by atoms with van der Waals surface area (Å²) in [4.78, 5) is 14.8. The summed E-state index contributed by atoms with van der Waals surface area (Å²) in [7, 11) is 3.33. The van der Waals surface area contributed by atoms with Crippen molar-refractivity contribution in [2.45, 2.75) is 31.3 Å². The van der Waals surface area contributed by atoms with E-state index in [2.05, 4.69) is 22.3 Å². The van der Waals surface area contributed by atoms with Crippen molar-refractivity contribution in [3.05, 3.63) is 47.4 Å². The maximum atomic E-state index is 12.3. The first-order valence-electron chi connectivity index (χ1n) is 9.03. The molecule has 7 heteroatoms. The molecule has 1 fully saturated rings. The summed E-state index contributed by atoms with van der Waals surface area (Å²) in [6, 6.07) is 8.03. The number of hydrogen-bond acceptors (Lipinski definition) is 5. The minimum absolute atomic E-state index is 0. The van der Waals surface area contributed by atoms with Gasteiger partial charge in [-0.05, 0) is 54.7 Å². The Balaban J connectivity index is 0.00000210. The second-order valence-corrected chi connectivity index (χ2v) is 6.88. The van der Waals surface area contributed by atoms with E-state index in [1.54, 1.807) is 26.4 Å². The van der Waals surface area contributed by atoms with E-state index in [1.165, 1.54) is 17.4 Å². The molecule has 1 amide bonds. The van der Waals surface area contributed by atoms with E-state index in [1.807, 2.05) is 0 Å². The van der Waals surface area contributed by atoms with Crippen LogP contribution in [0.25, 0.3) is 0 Å². The van der Waals surface area contributed by atoms with Gasteiger partial charge in [0.15, 0.2) is 17.3 Å². The number of nitrogens with zero attached hydrogens (tertiary/aromatic N) is 1. The molecule has 1 saturated heterocycles. The highest BCUT2D eigenvalue weighted by atomic mass is 35.5. The molecule has 2 atom stereocenters. The van der Waals surface area contributed by atoms with Crippen molar-refractivity contribution in [3.63, 3.8) is 0 Å². The third kappa shape index (κ3) is 3.77. The number of furan rings is 1. The Labute approximate surface area is 165 Å². The van der Waals surface area contributed by atoms with Gasteiger partial charge in [0.2, 0.25) is 0 Å². The Bertz CT molecular complexity index is 794. The van der Waals surface area contributed by atoms with Gasteiger partial charge in [-0.1, -0.05) is 0 Å². The van der Waals surface area contributed by atoms with E-state index in [0.29, 0.717) is 5.76 Å². The monoisotopic (exact) mass is 392 g/mol. The van der Waals surface area contributed by atoms with Crippen molar-refractivity contribution in [2.75, 3.05) is 27.3 Å². The van der Waals surface area contributed by atoms with Crippen molar-refractivity contribution in [1.82, 2.24) is 10.2 Å². The van der Waals surface area contributed by atoms with Gasteiger partial charge in [-0.15, -0.1) is 12.4 Å². The fourth-order valence-corrected chi connectivity index (χ4v) is 4.13. The number of amides is 1. The molecule has 4 rings (SSSR count). The average molecular weight is 393 g/mol. The predicted octanol–water partition coefficient (Wildman–Crippen LogP) is 3.21. The molecule has 0 saturated carbocycles. The lowest BCUT2D eigenvalue weighted by atomic mass is 9.84. The highest BCUT2D eigenvalue weighted by Crippen LogP contribution is 2.41. The van der Waals surface area contributed by atoms with Gasteiger partial charge in [0.05, 0.1) is 20.5 Å². The lowest BCUT2D eigenvalue weighted by molar-refractivity contribution is 0.0819. The molecular formula is C20H25ClN2O4. The number of fused-ring (bicyclic) bond motifs is 3. The summed E-state index contributed by atoms with van der Waals surface area (Å²) < 4.78 is 16.1. The first-order valence-corrected chi connectivity index (χ1v) is 9.03. The Morgan fingerprint density at radius 2 is 2.00 bits per heavy atom. The second-order valence-electron chi connectivity index (χ2n) is 6.88. The molecule has 6 nitrogen and oxygen atoms in total. The van der Waals surface area contributed by atoms with Crippen LogP contribution in [0.4, 0.5) is 0 Å². The van der Waals surface area contributed by atoms with Crippen molar-refractivity contribution in [2.24, 2.45) is 0 Å². The molecule has 146 valence electrons. The zero-order valence-electron chi connectivity index (χ0n) is 15.6. The Hall–Kier alpha value is -2.18. The first-order chi connectivity index (χ1) is 12.7. The number of benzene rings is 1. The van der Waals surface area contributed by atoms with Crippen LogP contribution in [0.5, 0.6) is 11.5 Å². The average Bonchev–Trinajstić information content (AvgIpc) is 3.21. The van der Waals surface area contributed by atoms with E-state index in [4.69, 9.17) is 13.9 Å². The van der Waals surface area contributed by atoms with Gasteiger partial charge in [-0.3, -0.25) is 9.69 Å². The molecule has 2 aliphatic heterocycles. The Morgan fingerprint density at radius 1 is 1.22 bits per heavy atom. The number of carbonyl (C=O) groups excluding carboxylic acids is 1. The summed E-state index contributed by atoms with van der Waals surface area (Å²) in [5.74, 6) is 1.76. The Kier molecular flexibility index (Phi) is 5.97. The summed E-state index contributed by atoms with van der Waals surface area (Å²) >= 11 is 0. The van der Waals surface area contributed by atoms with Gasteiger partial charge in [0.25, 0.3) is 5.91 Å². The summed E-state index contributed by atoms with van der Waals surface area (Å²) in [6.45, 7) is 2.01. The van der Waals surface area contributed by atoms with Crippen molar-refractivity contribution in [1.29, 1.82) is 0 Å². The van der Waals surface area contributed by atoms with Gasteiger partial charge >= 0.3 is 0 Å². The molecule has 27 heavy (non-hydrogen) atoms. The van der Waals surface area contributed by atoms with Crippen LogP contribution in [0.3, 0.4) is 0 Å². The van der Waals surface area contributed by atoms with Crippen LogP contribution < -0.4 is 14.8 Å². The van der Waals surface area contributed by atoms with Crippen LogP contribution in [-0.2, 0) is 6.42 Å². The van der Waals surface area contributed by atoms with Gasteiger partial charge in [0.1, 0.15) is 0 Å². The van der Waals surface area contributed by atoms with Crippen molar-refractivity contribution in [3.8, 4) is 11.5 Å². The molecule has 0 bridgehead atoms. The van der Waals surface area contributed by atoms with Crippen LogP contribution in [0, 0.1) is 0 Å². The highest BCUT2D eigenvalue weighted by molar-refractivity contribution is 5.91. The predicted molar refractivity (Wildman–Crippen MR) is 104 cm³/mol. The van der Waals surface area contributed by atoms with Gasteiger partial charge < -0.3 is 19.2 Å². The molecule has 0 spiro atoms. The van der Waals surface area contributed by atoms with Crippen LogP contribution in [-0.4, -0.2) is 44.2 Å². The van der Waals surface area contributed by atoms with E-state index in [9.17, 15) is 4.79 Å². The quantitative estimate of drug-likeness (QED) is 0.865. The smallest absolute Gasteiger partial charge is 0.287 e. The molecule has 2 aromatic rings. The van der Waals surface area contributed by atoms with Gasteiger partial charge in [-0.2, -0.15) is 0 Å². The molecule has 2 aliphatic rings. The zero-order valence-corrected chi connectivity index (χ0v) is 16.4. The number of carbonyl (C=O) groups is 1. The fraction of sp³-hybridized carbons (Fsp3) is 0.450. The van der Waals surface area contributed by atoms with Crippen LogP contribution in [0.2, 0.25) is 0 Å². The second kappa shape index (κ2) is 8.23. The lowest BCUT2D eigenvalue weighted by Gasteiger charge is -2.43. The number of ether oxygens (including phenoxy) is 2. The van der Waals surface area contributed by atoms with Gasteiger partial charge in [-0.25, -0.2) is 0 Å². The topological polar surface area (TPSA) is 63.9 Å². The first kappa shape index (κ1) is 19.6. The van der Waals surface area contributed by atoms with E-state index in [0.717, 1.165) is 43.9 Å². The van der Waals surface area contributed by atoms with Crippen molar-refractivity contribution >= 4 is 18.3 Å². The summed E-state index contributed by atoms with van der Waals surface area (Å²) in [5.41, 5.74) is 2.59. The Morgan fingerprint density at radius 3 is 2.70 bits per heavy atom. The summed E-state index contributed by atoms with van der Waals surface area (Å²) in [6.07, 6.45) is 4.37. The highest BCUT2D eigenvalue weighted by Gasteiger charge is 2.35. The number of rotatable bonds is 4. The largest absolute Gasteiger partial charge is 0.493 e. The third-order valence-electron chi connectivity index (χ3n) is 5.47. The number of halogens is 1. The number of nitrogens with one attached hydrogen (secondary N) is 1. The molecule has 3 heterocycles. The maximum absolute atomic E-state index is 12.3. The van der Waals surface area contributed by atoms with Crippen LogP contribution in [0.1, 0.15) is 40.6 Å². The van der Waals surface area contributed by atoms with Crippen molar-refractivity contribution < 1.29 is 18.7 Å². The molecule has 2 unspecified atom stereocenters. The van der Waals surface area contributed by atoms with Crippen LogP contribution in [0.15, 0.2) is 34.9 Å². The van der Waals surface area contributed by atoms with E-state index < -0.39 is 0 Å². The zero-order chi connectivity index (χ0) is 18.1. The molecule has 1 aromatic heterocycles. The summed E-state index contributed by atoms with van der Waals surface area (Å²) in [5, 5.41) is 3.12. The molecule has 1 N–H and O–H groups in total. The van der Waals surface area contributed by atoms with Crippen LogP contribution >= 0.6 is 12.4 Å². The fourth-order valence-electron chi connectivity index (χ4n) is 4.13. The number of piperidine rings is 1. The normalized spacial score (nSPS) is 21.4. The maximum Gasteiger partial charge on any atom is 0.287 e. The minimum atomic E-state index is -0.142. The molecule has 1 aromatic carbocycles. The van der Waals surface area contributed by atoms with E-state index in [-0.39, 0.29) is 30.4 Å². The molecular weight excluding hydrogens is 368 g/mol. The van der Waals surface area contributed by atoms with Gasteiger partial charge in [0, 0.05) is 25.2 Å². The molecule has 0 radical (unpaired) electrons. The SMILES string of the molecule is COc1cc2c(cc1OC)C1CC(NC(=O)c3ccco3)CCN1CC2.Cl. The number of hydrogen-bond donors (Lipinski definition) is 1. The molecule has 0 aliphatic carbocycles. The third-order valence-corrected chi connectivity index (χ3v) is 5.47. The lowest BCUT2D eigenvalue weighted by Crippen LogP contribution is -2.48.